The molecule has 2 aromatic rings. The summed E-state index contributed by atoms with van der Waals surface area (Å²) in [6, 6.07) is 3.99. The van der Waals surface area contributed by atoms with Crippen LogP contribution >= 0.6 is 11.3 Å². The van der Waals surface area contributed by atoms with E-state index in [1.165, 1.54) is 18.3 Å². The number of anilines is 1. The second kappa shape index (κ2) is 5.96. The number of nitrogens with zero attached hydrogens (tertiary/aromatic N) is 1. The molecule has 0 aliphatic carbocycles. The normalized spacial score (nSPS) is 13.5. The first kappa shape index (κ1) is 16.9. The maximum Gasteiger partial charge on any atom is 0.244 e. The summed E-state index contributed by atoms with van der Waals surface area (Å²) in [5, 5.41) is 1.38. The molecule has 0 bridgehead atoms. The van der Waals surface area contributed by atoms with Crippen molar-refractivity contribution >= 4 is 42.4 Å². The molecule has 0 aliphatic rings. The van der Waals surface area contributed by atoms with Crippen LogP contribution in [0, 0.1) is 13.8 Å². The lowest BCUT2D eigenvalue weighted by Crippen LogP contribution is -2.36. The SMILES string of the molecule is Cc1ccc(C)c2sc(NC(=O)C(C)S(=O)(=O)C(C)C)nc12. The maximum absolute atomic E-state index is 12.2. The highest BCUT2D eigenvalue weighted by Crippen LogP contribution is 2.31. The van der Waals surface area contributed by atoms with Gasteiger partial charge in [0.2, 0.25) is 5.91 Å². The lowest BCUT2D eigenvalue weighted by atomic mass is 10.1. The first-order valence-corrected chi connectivity index (χ1v) is 9.47. The molecule has 1 unspecified atom stereocenters. The fourth-order valence-corrected chi connectivity index (χ4v) is 4.27. The fourth-order valence-electron chi connectivity index (χ4n) is 2.08. The quantitative estimate of drug-likeness (QED) is 0.928. The average molecular weight is 340 g/mol. The molecule has 7 heteroatoms. The third-order valence-electron chi connectivity index (χ3n) is 3.69. The summed E-state index contributed by atoms with van der Waals surface area (Å²) in [5.74, 6) is -0.539. The van der Waals surface area contributed by atoms with Crippen molar-refractivity contribution in [2.75, 3.05) is 5.32 Å². The summed E-state index contributed by atoms with van der Waals surface area (Å²) in [5.41, 5.74) is 2.96. The number of hydrogen-bond donors (Lipinski definition) is 1. The second-order valence-electron chi connectivity index (χ2n) is 5.67. The van der Waals surface area contributed by atoms with Crippen molar-refractivity contribution in [2.45, 2.75) is 45.1 Å². The number of rotatable bonds is 4. The second-order valence-corrected chi connectivity index (χ2v) is 9.49. The molecular weight excluding hydrogens is 320 g/mol. The number of hydrogen-bond acceptors (Lipinski definition) is 5. The van der Waals surface area contributed by atoms with Crippen LogP contribution in [-0.4, -0.2) is 29.8 Å². The van der Waals surface area contributed by atoms with E-state index in [0.29, 0.717) is 5.13 Å². The van der Waals surface area contributed by atoms with Gasteiger partial charge in [-0.2, -0.15) is 0 Å². The van der Waals surface area contributed by atoms with Crippen molar-refractivity contribution in [3.63, 3.8) is 0 Å². The van der Waals surface area contributed by atoms with Crippen LogP contribution in [0.3, 0.4) is 0 Å². The molecule has 5 nitrogen and oxygen atoms in total. The van der Waals surface area contributed by atoms with E-state index in [4.69, 9.17) is 0 Å². The van der Waals surface area contributed by atoms with Gasteiger partial charge < -0.3 is 5.32 Å². The van der Waals surface area contributed by atoms with Crippen LogP contribution < -0.4 is 5.32 Å². The molecule has 22 heavy (non-hydrogen) atoms. The van der Waals surface area contributed by atoms with E-state index in [2.05, 4.69) is 10.3 Å². The van der Waals surface area contributed by atoms with E-state index in [1.807, 2.05) is 26.0 Å². The zero-order chi connectivity index (χ0) is 16.7. The Kier molecular flexibility index (Phi) is 4.58. The van der Waals surface area contributed by atoms with E-state index in [-0.39, 0.29) is 0 Å². The summed E-state index contributed by atoms with van der Waals surface area (Å²) >= 11 is 1.36. The Labute approximate surface area is 134 Å². The van der Waals surface area contributed by atoms with Gasteiger partial charge in [0.1, 0.15) is 5.25 Å². The number of aromatic nitrogens is 1. The first-order valence-electron chi connectivity index (χ1n) is 7.05. The Morgan fingerprint density at radius 2 is 1.77 bits per heavy atom. The molecule has 1 N–H and O–H groups in total. The Bertz CT molecular complexity index is 784. The largest absolute Gasteiger partial charge is 0.301 e. The number of sulfone groups is 1. The molecule has 0 fully saturated rings. The van der Waals surface area contributed by atoms with Crippen LogP contribution in [0.5, 0.6) is 0 Å². The minimum atomic E-state index is -3.48. The molecule has 0 saturated heterocycles. The molecule has 1 aromatic heterocycles. The van der Waals surface area contributed by atoms with Crippen molar-refractivity contribution in [1.29, 1.82) is 0 Å². The lowest BCUT2D eigenvalue weighted by molar-refractivity contribution is -0.115. The smallest absolute Gasteiger partial charge is 0.244 e. The third-order valence-corrected chi connectivity index (χ3v) is 7.31. The van der Waals surface area contributed by atoms with Gasteiger partial charge >= 0.3 is 0 Å². The highest BCUT2D eigenvalue weighted by Gasteiger charge is 2.31. The van der Waals surface area contributed by atoms with Crippen molar-refractivity contribution in [3.8, 4) is 0 Å². The Hall–Kier alpha value is -1.47. The summed E-state index contributed by atoms with van der Waals surface area (Å²) in [6.07, 6.45) is 0. The maximum atomic E-state index is 12.2. The predicted octanol–water partition coefficient (Wildman–Crippen LogP) is 3.06. The van der Waals surface area contributed by atoms with Gasteiger partial charge in [-0.1, -0.05) is 23.5 Å². The molecule has 0 spiro atoms. The van der Waals surface area contributed by atoms with Crippen molar-refractivity contribution in [1.82, 2.24) is 4.98 Å². The van der Waals surface area contributed by atoms with Crippen LogP contribution in [0.25, 0.3) is 10.2 Å². The number of benzene rings is 1. The topological polar surface area (TPSA) is 76.1 Å². The first-order chi connectivity index (χ1) is 10.1. The molecule has 1 amide bonds. The minimum absolute atomic E-state index is 0.434. The standard InChI is InChI=1S/C15H20N2O3S2/c1-8(2)22(19,20)11(5)14(18)17-15-16-12-9(3)6-7-10(4)13(12)21-15/h6-8,11H,1-5H3,(H,16,17,18). The number of aryl methyl sites for hydroxylation is 2. The lowest BCUT2D eigenvalue weighted by Gasteiger charge is -2.14. The van der Waals surface area contributed by atoms with E-state index >= 15 is 0 Å². The third kappa shape index (κ3) is 3.01. The van der Waals surface area contributed by atoms with Crippen LogP contribution in [0.4, 0.5) is 5.13 Å². The number of fused-ring (bicyclic) bond motifs is 1. The predicted molar refractivity (Wildman–Crippen MR) is 91.2 cm³/mol. The number of carbonyl (C=O) groups is 1. The highest BCUT2D eigenvalue weighted by atomic mass is 32.2. The van der Waals surface area contributed by atoms with Crippen molar-refractivity contribution in [2.24, 2.45) is 0 Å². The Morgan fingerprint density at radius 3 is 2.32 bits per heavy atom. The summed E-state index contributed by atoms with van der Waals surface area (Å²) in [7, 11) is -3.48. The zero-order valence-corrected chi connectivity index (χ0v) is 14.9. The number of carbonyl (C=O) groups excluding carboxylic acids is 1. The number of amides is 1. The van der Waals surface area contributed by atoms with Gasteiger partial charge in [-0.05, 0) is 45.7 Å². The van der Waals surface area contributed by atoms with Gasteiger partial charge in [-0.25, -0.2) is 13.4 Å². The summed E-state index contributed by atoms with van der Waals surface area (Å²) < 4.78 is 25.1. The van der Waals surface area contributed by atoms with Gasteiger partial charge in [-0.15, -0.1) is 0 Å². The Balaban J connectivity index is 2.30. The van der Waals surface area contributed by atoms with Gasteiger partial charge in [-0.3, -0.25) is 4.79 Å². The van der Waals surface area contributed by atoms with Crippen LogP contribution in [0.1, 0.15) is 31.9 Å². The fraction of sp³-hybridized carbons (Fsp3) is 0.467. The van der Waals surface area contributed by atoms with E-state index in [0.717, 1.165) is 21.3 Å². The molecule has 120 valence electrons. The van der Waals surface area contributed by atoms with Gasteiger partial charge in [0.25, 0.3) is 0 Å². The zero-order valence-electron chi connectivity index (χ0n) is 13.3. The van der Waals surface area contributed by atoms with Crippen LogP contribution in [0.15, 0.2) is 12.1 Å². The Morgan fingerprint density at radius 1 is 1.18 bits per heavy atom. The van der Waals surface area contributed by atoms with Crippen LogP contribution in [0.2, 0.25) is 0 Å². The van der Waals surface area contributed by atoms with E-state index in [1.54, 1.807) is 13.8 Å². The average Bonchev–Trinajstić information content (AvgIpc) is 2.86. The molecule has 1 aromatic carbocycles. The molecular formula is C15H20N2O3S2. The highest BCUT2D eigenvalue weighted by molar-refractivity contribution is 7.93. The molecule has 1 heterocycles. The van der Waals surface area contributed by atoms with E-state index < -0.39 is 26.2 Å². The molecule has 0 saturated carbocycles. The molecule has 2 rings (SSSR count). The monoisotopic (exact) mass is 340 g/mol. The summed E-state index contributed by atoms with van der Waals surface area (Å²) in [4.78, 5) is 16.6. The molecule has 0 radical (unpaired) electrons. The van der Waals surface area contributed by atoms with Gasteiger partial charge in [0.05, 0.1) is 15.5 Å². The molecule has 0 aliphatic heterocycles. The van der Waals surface area contributed by atoms with Gasteiger partial charge in [0, 0.05) is 0 Å². The van der Waals surface area contributed by atoms with Crippen molar-refractivity contribution in [3.05, 3.63) is 23.3 Å². The summed E-state index contributed by atoms with van der Waals surface area (Å²) in [6.45, 7) is 8.50. The number of nitrogens with one attached hydrogen (secondary N) is 1. The minimum Gasteiger partial charge on any atom is -0.301 e. The molecule has 1 atom stereocenters. The van der Waals surface area contributed by atoms with Crippen LogP contribution in [-0.2, 0) is 14.6 Å². The van der Waals surface area contributed by atoms with Crippen molar-refractivity contribution < 1.29 is 13.2 Å². The number of thiazole rings is 1. The van der Waals surface area contributed by atoms with Gasteiger partial charge in [0.15, 0.2) is 15.0 Å². The van der Waals surface area contributed by atoms with E-state index in [9.17, 15) is 13.2 Å².